The smallest absolute Gasteiger partial charge is 0.159 e. The lowest BCUT2D eigenvalue weighted by atomic mass is 9.93. The molecular weight excluding hydrogens is 311 g/mol. The first kappa shape index (κ1) is 17.6. The van der Waals surface area contributed by atoms with Crippen LogP contribution in [0.1, 0.15) is 37.4 Å². The van der Waals surface area contributed by atoms with Crippen molar-refractivity contribution in [2.45, 2.75) is 56.9 Å². The molecule has 0 aromatic carbocycles. The summed E-state index contributed by atoms with van der Waals surface area (Å²) in [4.78, 5) is 2.11. The van der Waals surface area contributed by atoms with Crippen LogP contribution < -0.4 is 10.5 Å². The van der Waals surface area contributed by atoms with Gasteiger partial charge in [-0.3, -0.25) is 9.58 Å². The highest BCUT2D eigenvalue weighted by Gasteiger charge is 2.36. The van der Waals surface area contributed by atoms with Crippen LogP contribution in [0.5, 0.6) is 5.75 Å². The number of nitrogens with two attached hydrogens (primary N) is 1. The van der Waals surface area contributed by atoms with Crippen LogP contribution >= 0.6 is 0 Å². The van der Waals surface area contributed by atoms with E-state index in [2.05, 4.69) is 10.00 Å². The van der Waals surface area contributed by atoms with Gasteiger partial charge < -0.3 is 15.2 Å². The number of aryl methyl sites for hydroxylation is 1. The lowest BCUT2D eigenvalue weighted by Crippen LogP contribution is -2.41. The zero-order valence-electron chi connectivity index (χ0n) is 14.7. The first-order valence-electron chi connectivity index (χ1n) is 8.89. The van der Waals surface area contributed by atoms with Crippen LogP contribution in [-0.4, -0.2) is 66.3 Å². The average molecular weight is 340 g/mol. The van der Waals surface area contributed by atoms with Crippen LogP contribution in [0.3, 0.4) is 0 Å². The molecular formula is C17H29FN4O2. The van der Waals surface area contributed by atoms with Gasteiger partial charge in [-0.25, -0.2) is 4.39 Å². The minimum absolute atomic E-state index is 0.0291. The zero-order valence-corrected chi connectivity index (χ0v) is 14.7. The summed E-state index contributed by atoms with van der Waals surface area (Å²) in [7, 11) is 1.69. The molecule has 1 aromatic heterocycles. The molecule has 136 valence electrons. The summed E-state index contributed by atoms with van der Waals surface area (Å²) in [6.07, 6.45) is 6.05. The van der Waals surface area contributed by atoms with Gasteiger partial charge in [0.15, 0.2) is 5.75 Å². The van der Waals surface area contributed by atoms with Crippen molar-refractivity contribution in [3.63, 3.8) is 0 Å². The lowest BCUT2D eigenvalue weighted by molar-refractivity contribution is 0.156. The highest BCUT2D eigenvalue weighted by Crippen LogP contribution is 2.32. The minimum Gasteiger partial charge on any atom is -0.493 e. The number of halogens is 1. The van der Waals surface area contributed by atoms with Gasteiger partial charge in [0.25, 0.3) is 0 Å². The molecule has 24 heavy (non-hydrogen) atoms. The number of hydrogen-bond acceptors (Lipinski definition) is 5. The van der Waals surface area contributed by atoms with Gasteiger partial charge in [0.05, 0.1) is 38.6 Å². The molecule has 2 unspecified atom stereocenters. The van der Waals surface area contributed by atoms with E-state index in [4.69, 9.17) is 15.2 Å². The number of ether oxygens (including phenoxy) is 2. The fraction of sp³-hybridized carbons (Fsp3) is 0.824. The van der Waals surface area contributed by atoms with Crippen molar-refractivity contribution >= 4 is 0 Å². The van der Waals surface area contributed by atoms with E-state index in [1.165, 1.54) is 19.3 Å². The Bertz CT molecular complexity index is 535. The van der Waals surface area contributed by atoms with Gasteiger partial charge in [-0.2, -0.15) is 5.10 Å². The second-order valence-electron chi connectivity index (χ2n) is 7.01. The Kier molecular flexibility index (Phi) is 5.73. The van der Waals surface area contributed by atoms with Crippen molar-refractivity contribution in [3.05, 3.63) is 11.9 Å². The number of methoxy groups -OCH3 is 1. The number of nitrogens with zero attached hydrogens (tertiary/aromatic N) is 3. The van der Waals surface area contributed by atoms with E-state index in [9.17, 15) is 4.39 Å². The Hall–Kier alpha value is -1.18. The standard InChI is InChI=1S/C9H14N2O.C8H15FN2O/c1-7-9(12-2)6-11(10-7)8-4-3-5-8;9-7-4-12-5-8(7)11-2-1-6(10)3-11/h6,8H,3-5H2,1-2H3;6-8H,1-5,10H2/t;6-,7?,8?/m.1/s1. The second-order valence-corrected chi connectivity index (χ2v) is 7.01. The first-order chi connectivity index (χ1) is 11.6. The van der Waals surface area contributed by atoms with E-state index in [1.807, 2.05) is 17.8 Å². The Morgan fingerprint density at radius 3 is 2.58 bits per heavy atom. The molecule has 7 heteroatoms. The van der Waals surface area contributed by atoms with E-state index in [-0.39, 0.29) is 18.7 Å². The van der Waals surface area contributed by atoms with Gasteiger partial charge in [-0.05, 0) is 32.6 Å². The Labute approximate surface area is 143 Å². The maximum Gasteiger partial charge on any atom is 0.159 e. The SMILES string of the molecule is COc1cn(C2CCC2)nc1C.N[C@@H]1CCN(C2COCC2F)C1. The molecule has 3 fully saturated rings. The molecule has 3 atom stereocenters. The van der Waals surface area contributed by atoms with Crippen molar-refractivity contribution < 1.29 is 13.9 Å². The molecule has 2 aliphatic heterocycles. The molecule has 0 amide bonds. The number of aromatic nitrogens is 2. The fourth-order valence-electron chi connectivity index (χ4n) is 3.47. The molecule has 1 aromatic rings. The Balaban J connectivity index is 0.000000141. The minimum atomic E-state index is -0.810. The summed E-state index contributed by atoms with van der Waals surface area (Å²) in [5.74, 6) is 0.905. The third-order valence-electron chi connectivity index (χ3n) is 5.25. The number of alkyl halides is 1. The van der Waals surface area contributed by atoms with Gasteiger partial charge >= 0.3 is 0 Å². The van der Waals surface area contributed by atoms with E-state index >= 15 is 0 Å². The van der Waals surface area contributed by atoms with Crippen molar-refractivity contribution in [1.29, 1.82) is 0 Å². The van der Waals surface area contributed by atoms with E-state index in [0.717, 1.165) is 31.0 Å². The first-order valence-corrected chi connectivity index (χ1v) is 8.89. The van der Waals surface area contributed by atoms with Gasteiger partial charge in [0.1, 0.15) is 11.9 Å². The monoisotopic (exact) mass is 340 g/mol. The normalized spacial score (nSPS) is 30.8. The predicted octanol–water partition coefficient (Wildman–Crippen LogP) is 1.68. The van der Waals surface area contributed by atoms with Crippen molar-refractivity contribution in [2.75, 3.05) is 33.4 Å². The van der Waals surface area contributed by atoms with E-state index in [1.54, 1.807) is 7.11 Å². The molecule has 2 N–H and O–H groups in total. The molecule has 0 spiro atoms. The largest absolute Gasteiger partial charge is 0.493 e. The van der Waals surface area contributed by atoms with Gasteiger partial charge in [0, 0.05) is 19.1 Å². The van der Waals surface area contributed by atoms with Crippen LogP contribution in [0.2, 0.25) is 0 Å². The Morgan fingerprint density at radius 2 is 2.12 bits per heavy atom. The summed E-state index contributed by atoms with van der Waals surface area (Å²) in [6.45, 7) is 4.53. The van der Waals surface area contributed by atoms with Crippen LogP contribution in [0, 0.1) is 6.92 Å². The molecule has 0 bridgehead atoms. The number of likely N-dealkylation sites (tertiary alicyclic amines) is 1. The summed E-state index contributed by atoms with van der Waals surface area (Å²) in [5.41, 5.74) is 6.72. The topological polar surface area (TPSA) is 65.5 Å². The van der Waals surface area contributed by atoms with Crippen LogP contribution in [0.15, 0.2) is 6.20 Å². The van der Waals surface area contributed by atoms with Crippen LogP contribution in [-0.2, 0) is 4.74 Å². The molecule has 2 saturated heterocycles. The number of rotatable bonds is 3. The fourth-order valence-corrected chi connectivity index (χ4v) is 3.47. The molecule has 1 saturated carbocycles. The third-order valence-corrected chi connectivity index (χ3v) is 5.25. The van der Waals surface area contributed by atoms with Gasteiger partial charge in [0.2, 0.25) is 0 Å². The van der Waals surface area contributed by atoms with Crippen molar-refractivity contribution in [1.82, 2.24) is 14.7 Å². The van der Waals surface area contributed by atoms with Crippen LogP contribution in [0.4, 0.5) is 4.39 Å². The number of hydrogen-bond donors (Lipinski definition) is 1. The third kappa shape index (κ3) is 3.90. The zero-order chi connectivity index (χ0) is 17.1. The van der Waals surface area contributed by atoms with E-state index in [0.29, 0.717) is 12.6 Å². The molecule has 4 rings (SSSR count). The molecule has 0 radical (unpaired) electrons. The van der Waals surface area contributed by atoms with Gasteiger partial charge in [-0.15, -0.1) is 0 Å². The average Bonchev–Trinajstić information content (AvgIpc) is 3.19. The summed E-state index contributed by atoms with van der Waals surface area (Å²) < 4.78 is 25.4. The summed E-state index contributed by atoms with van der Waals surface area (Å²) >= 11 is 0. The molecule has 6 nitrogen and oxygen atoms in total. The maximum atomic E-state index is 13.2. The molecule has 3 heterocycles. The second kappa shape index (κ2) is 7.80. The molecule has 3 aliphatic rings. The van der Waals surface area contributed by atoms with Crippen molar-refractivity contribution in [2.24, 2.45) is 5.73 Å². The highest BCUT2D eigenvalue weighted by molar-refractivity contribution is 5.23. The van der Waals surface area contributed by atoms with Gasteiger partial charge in [-0.1, -0.05) is 0 Å². The predicted molar refractivity (Wildman–Crippen MR) is 90.1 cm³/mol. The lowest BCUT2D eigenvalue weighted by Gasteiger charge is -2.25. The van der Waals surface area contributed by atoms with Crippen molar-refractivity contribution in [3.8, 4) is 5.75 Å². The quantitative estimate of drug-likeness (QED) is 0.907. The highest BCUT2D eigenvalue weighted by atomic mass is 19.1. The summed E-state index contributed by atoms with van der Waals surface area (Å²) in [6, 6.07) is 0.837. The Morgan fingerprint density at radius 1 is 1.33 bits per heavy atom. The van der Waals surface area contributed by atoms with E-state index < -0.39 is 6.17 Å². The molecule has 1 aliphatic carbocycles. The maximum absolute atomic E-state index is 13.2. The van der Waals surface area contributed by atoms with Crippen LogP contribution in [0.25, 0.3) is 0 Å². The summed E-state index contributed by atoms with van der Waals surface area (Å²) in [5, 5.41) is 4.40.